The predicted octanol–water partition coefficient (Wildman–Crippen LogP) is 4.89. The number of benzene rings is 1. The van der Waals surface area contributed by atoms with Crippen LogP contribution in [0.1, 0.15) is 22.4 Å². The van der Waals surface area contributed by atoms with Crippen molar-refractivity contribution < 1.29 is 13.5 Å². The highest BCUT2D eigenvalue weighted by molar-refractivity contribution is 14.1. The molecule has 140 valence electrons. The van der Waals surface area contributed by atoms with Gasteiger partial charge in [0.25, 0.3) is 5.56 Å². The first kappa shape index (κ1) is 19.9. The maximum Gasteiger partial charge on any atom is 0.266 e. The lowest BCUT2D eigenvalue weighted by Crippen LogP contribution is -2.15. The van der Waals surface area contributed by atoms with Crippen LogP contribution in [0.15, 0.2) is 45.8 Å². The zero-order valence-corrected chi connectivity index (χ0v) is 17.9. The number of aromatic amines is 1. The van der Waals surface area contributed by atoms with Crippen LogP contribution in [0.25, 0.3) is 0 Å². The molecule has 0 aliphatic rings. The van der Waals surface area contributed by atoms with Gasteiger partial charge in [0.05, 0.1) is 0 Å². The van der Waals surface area contributed by atoms with E-state index < -0.39 is 11.6 Å². The Morgan fingerprint density at radius 1 is 1.26 bits per heavy atom. The van der Waals surface area contributed by atoms with Gasteiger partial charge in [0.2, 0.25) is 0 Å². The Labute approximate surface area is 176 Å². The van der Waals surface area contributed by atoms with E-state index >= 15 is 0 Å². The molecule has 27 heavy (non-hydrogen) atoms. The van der Waals surface area contributed by atoms with Crippen LogP contribution in [-0.2, 0) is 13.0 Å². The van der Waals surface area contributed by atoms with E-state index in [1.165, 1.54) is 6.07 Å². The molecule has 2 heterocycles. The van der Waals surface area contributed by atoms with Crippen molar-refractivity contribution in [1.82, 2.24) is 9.97 Å². The zero-order valence-electron chi connectivity index (χ0n) is 14.2. The number of rotatable bonds is 5. The van der Waals surface area contributed by atoms with Crippen molar-refractivity contribution >= 4 is 38.5 Å². The normalized spacial score (nSPS) is 10.9. The summed E-state index contributed by atoms with van der Waals surface area (Å²) in [6, 6.07) is 7.12. The first-order chi connectivity index (χ1) is 12.8. The SMILES string of the molecule is Cc1[nH]c(=O)c(Br)c(OCc2ccc(F)cc2F)c1Cc1ccc(I)nc1. The van der Waals surface area contributed by atoms with Crippen LogP contribution in [0, 0.1) is 22.3 Å². The van der Waals surface area contributed by atoms with Crippen molar-refractivity contribution in [2.75, 3.05) is 0 Å². The van der Waals surface area contributed by atoms with E-state index in [1.54, 1.807) is 13.1 Å². The van der Waals surface area contributed by atoms with E-state index in [9.17, 15) is 13.6 Å². The molecule has 2 aromatic heterocycles. The highest BCUT2D eigenvalue weighted by atomic mass is 127. The topological polar surface area (TPSA) is 55.0 Å². The average Bonchev–Trinajstić information content (AvgIpc) is 2.62. The van der Waals surface area contributed by atoms with Crippen molar-refractivity contribution in [2.24, 2.45) is 0 Å². The fraction of sp³-hybridized carbons (Fsp3) is 0.158. The molecule has 0 aliphatic heterocycles. The molecular formula is C19H14BrF2IN2O2. The van der Waals surface area contributed by atoms with E-state index in [0.29, 0.717) is 17.9 Å². The van der Waals surface area contributed by atoms with Gasteiger partial charge >= 0.3 is 0 Å². The fourth-order valence-corrected chi connectivity index (χ4v) is 3.35. The summed E-state index contributed by atoms with van der Waals surface area (Å²) in [6.45, 7) is 1.64. The number of aromatic nitrogens is 2. The summed E-state index contributed by atoms with van der Waals surface area (Å²) in [5.74, 6) is -1.02. The zero-order chi connectivity index (χ0) is 19.6. The minimum absolute atomic E-state index is 0.133. The smallest absolute Gasteiger partial charge is 0.266 e. The first-order valence-corrected chi connectivity index (χ1v) is 9.80. The van der Waals surface area contributed by atoms with Crippen LogP contribution in [0.4, 0.5) is 8.78 Å². The van der Waals surface area contributed by atoms with Crippen LogP contribution < -0.4 is 10.3 Å². The predicted molar refractivity (Wildman–Crippen MR) is 110 cm³/mol. The third-order valence-corrected chi connectivity index (χ3v) is 5.34. The largest absolute Gasteiger partial charge is 0.487 e. The van der Waals surface area contributed by atoms with Gasteiger partial charge in [0, 0.05) is 35.5 Å². The molecule has 0 atom stereocenters. The Hall–Kier alpha value is -1.81. The molecule has 0 saturated heterocycles. The number of aryl methyl sites for hydroxylation is 1. The quantitative estimate of drug-likeness (QED) is 0.366. The lowest BCUT2D eigenvalue weighted by Gasteiger charge is -2.16. The third kappa shape index (κ3) is 4.73. The van der Waals surface area contributed by atoms with Crippen molar-refractivity contribution in [3.05, 3.63) is 89.1 Å². The van der Waals surface area contributed by atoms with Crippen LogP contribution in [0.3, 0.4) is 0 Å². The Morgan fingerprint density at radius 3 is 2.70 bits per heavy atom. The third-order valence-electron chi connectivity index (χ3n) is 3.98. The van der Waals surface area contributed by atoms with Gasteiger partial charge in [0.1, 0.15) is 32.2 Å². The summed E-state index contributed by atoms with van der Waals surface area (Å²) in [6.07, 6.45) is 2.23. The van der Waals surface area contributed by atoms with Crippen LogP contribution >= 0.6 is 38.5 Å². The molecule has 0 aliphatic carbocycles. The highest BCUT2D eigenvalue weighted by Gasteiger charge is 2.17. The number of hydrogen-bond acceptors (Lipinski definition) is 3. The molecule has 1 N–H and O–H groups in total. The Bertz CT molecular complexity index is 1040. The van der Waals surface area contributed by atoms with Gasteiger partial charge in [-0.05, 0) is 69.2 Å². The molecular weight excluding hydrogens is 533 g/mol. The minimum atomic E-state index is -0.698. The highest BCUT2D eigenvalue weighted by Crippen LogP contribution is 2.30. The van der Waals surface area contributed by atoms with Crippen molar-refractivity contribution in [2.45, 2.75) is 20.0 Å². The number of halogens is 4. The molecule has 0 spiro atoms. The van der Waals surface area contributed by atoms with E-state index in [1.807, 2.05) is 12.1 Å². The van der Waals surface area contributed by atoms with E-state index in [0.717, 1.165) is 27.0 Å². The molecule has 0 bridgehead atoms. The van der Waals surface area contributed by atoms with Gasteiger partial charge in [-0.25, -0.2) is 8.78 Å². The summed E-state index contributed by atoms with van der Waals surface area (Å²) in [7, 11) is 0. The minimum Gasteiger partial charge on any atom is -0.487 e. The monoisotopic (exact) mass is 546 g/mol. The number of H-pyrrole nitrogens is 1. The standard InChI is InChI=1S/C19H14BrF2IN2O2/c1-10-14(6-11-2-5-16(23)24-8-11)18(17(20)19(26)25-10)27-9-12-3-4-13(21)7-15(12)22/h2-5,7-8H,6,9H2,1H3,(H,25,26). The molecule has 0 amide bonds. The first-order valence-electron chi connectivity index (χ1n) is 7.93. The Kier molecular flexibility index (Phi) is 6.25. The van der Waals surface area contributed by atoms with Crippen molar-refractivity contribution in [1.29, 1.82) is 0 Å². The van der Waals surface area contributed by atoms with Crippen molar-refractivity contribution in [3.8, 4) is 5.75 Å². The molecule has 3 rings (SSSR count). The number of nitrogens with zero attached hydrogens (tertiary/aromatic N) is 1. The lowest BCUT2D eigenvalue weighted by atomic mass is 10.0. The van der Waals surface area contributed by atoms with Crippen LogP contribution in [-0.4, -0.2) is 9.97 Å². The number of pyridine rings is 2. The Morgan fingerprint density at radius 2 is 2.04 bits per heavy atom. The van der Waals surface area contributed by atoms with Crippen LogP contribution in [0.5, 0.6) is 5.75 Å². The molecule has 0 saturated carbocycles. The van der Waals surface area contributed by atoms with E-state index in [2.05, 4.69) is 48.5 Å². The van der Waals surface area contributed by atoms with Gasteiger partial charge in [0.15, 0.2) is 0 Å². The van der Waals surface area contributed by atoms with Crippen LogP contribution in [0.2, 0.25) is 0 Å². The summed E-state index contributed by atoms with van der Waals surface area (Å²) in [5.41, 5.74) is 2.20. The fourth-order valence-electron chi connectivity index (χ4n) is 2.57. The lowest BCUT2D eigenvalue weighted by molar-refractivity contribution is 0.293. The summed E-state index contributed by atoms with van der Waals surface area (Å²) in [5, 5.41) is 0. The second-order valence-electron chi connectivity index (χ2n) is 5.89. The number of hydrogen-bond donors (Lipinski definition) is 1. The second kappa shape index (κ2) is 8.47. The maximum absolute atomic E-state index is 13.9. The van der Waals surface area contributed by atoms with Gasteiger partial charge in [-0.3, -0.25) is 9.78 Å². The molecule has 1 aromatic carbocycles. The number of ether oxygens (including phenoxy) is 1. The van der Waals surface area contributed by atoms with E-state index in [-0.39, 0.29) is 22.2 Å². The number of nitrogens with one attached hydrogen (secondary N) is 1. The maximum atomic E-state index is 13.9. The molecule has 0 fully saturated rings. The average molecular weight is 547 g/mol. The van der Waals surface area contributed by atoms with Gasteiger partial charge in [-0.2, -0.15) is 0 Å². The summed E-state index contributed by atoms with van der Waals surface area (Å²) >= 11 is 5.38. The molecule has 4 nitrogen and oxygen atoms in total. The van der Waals surface area contributed by atoms with Gasteiger partial charge in [-0.1, -0.05) is 6.07 Å². The van der Waals surface area contributed by atoms with Crippen molar-refractivity contribution in [3.63, 3.8) is 0 Å². The second-order valence-corrected chi connectivity index (χ2v) is 7.79. The Balaban J connectivity index is 1.95. The van der Waals surface area contributed by atoms with E-state index in [4.69, 9.17) is 4.74 Å². The van der Waals surface area contributed by atoms with Gasteiger partial charge in [-0.15, -0.1) is 0 Å². The summed E-state index contributed by atoms with van der Waals surface area (Å²) < 4.78 is 33.8. The molecule has 3 aromatic rings. The molecule has 8 heteroatoms. The summed E-state index contributed by atoms with van der Waals surface area (Å²) in [4.78, 5) is 19.1. The molecule has 0 unspecified atom stereocenters. The molecule has 0 radical (unpaired) electrons. The van der Waals surface area contributed by atoms with Gasteiger partial charge < -0.3 is 9.72 Å².